The van der Waals surface area contributed by atoms with Crippen LogP contribution in [-0.4, -0.2) is 34.6 Å². The lowest BCUT2D eigenvalue weighted by molar-refractivity contribution is -0.120. The molecule has 3 aromatic carbocycles. The smallest absolute Gasteiger partial charge is 0.264 e. The zero-order valence-corrected chi connectivity index (χ0v) is 23.4. The molecule has 3 aromatic rings. The number of sulfonamides is 1. The van der Waals surface area contributed by atoms with E-state index in [0.717, 1.165) is 38.9 Å². The number of hydrogen-bond donors (Lipinski definition) is 1. The quantitative estimate of drug-likeness (QED) is 0.334. The van der Waals surface area contributed by atoms with Crippen molar-refractivity contribution in [2.75, 3.05) is 24.6 Å². The highest BCUT2D eigenvalue weighted by atomic mass is 32.2. The second-order valence-corrected chi connectivity index (χ2v) is 11.1. The predicted octanol–water partition coefficient (Wildman–Crippen LogP) is 5.74. The Morgan fingerprint density at radius 3 is 2.18 bits per heavy atom. The summed E-state index contributed by atoms with van der Waals surface area (Å²) in [5.41, 5.74) is 3.16. The van der Waals surface area contributed by atoms with Crippen LogP contribution in [0.5, 0.6) is 11.5 Å². The summed E-state index contributed by atoms with van der Waals surface area (Å²) in [6, 6.07) is 14.5. The Morgan fingerprint density at radius 2 is 1.63 bits per heavy atom. The highest BCUT2D eigenvalue weighted by Gasteiger charge is 2.28. The number of ether oxygens (including phenoxy) is 2. The van der Waals surface area contributed by atoms with Gasteiger partial charge in [0.05, 0.1) is 30.3 Å². The lowest BCUT2D eigenvalue weighted by atomic mass is 9.93. The van der Waals surface area contributed by atoms with Gasteiger partial charge in [0.2, 0.25) is 5.91 Å². The van der Waals surface area contributed by atoms with Crippen molar-refractivity contribution in [2.24, 2.45) is 0 Å². The van der Waals surface area contributed by atoms with Crippen molar-refractivity contribution in [3.05, 3.63) is 83.2 Å². The monoisotopic (exact) mass is 542 g/mol. The highest BCUT2D eigenvalue weighted by molar-refractivity contribution is 7.92. The van der Waals surface area contributed by atoms with Crippen LogP contribution in [0.15, 0.2) is 65.6 Å². The van der Waals surface area contributed by atoms with Crippen molar-refractivity contribution in [3.8, 4) is 11.5 Å². The number of amides is 1. The third-order valence-electron chi connectivity index (χ3n) is 6.21. The van der Waals surface area contributed by atoms with Crippen LogP contribution in [0.4, 0.5) is 10.1 Å². The largest absolute Gasteiger partial charge is 0.496 e. The minimum Gasteiger partial charge on any atom is -0.496 e. The molecule has 0 radical (unpaired) electrons. The predicted molar refractivity (Wildman–Crippen MR) is 147 cm³/mol. The van der Waals surface area contributed by atoms with Crippen LogP contribution < -0.4 is 19.1 Å². The molecule has 0 unspecified atom stereocenters. The van der Waals surface area contributed by atoms with Gasteiger partial charge in [0.25, 0.3) is 10.0 Å². The second-order valence-electron chi connectivity index (χ2n) is 9.29. The van der Waals surface area contributed by atoms with Crippen LogP contribution in [0.1, 0.15) is 56.3 Å². The number of nitrogens with zero attached hydrogens (tertiary/aromatic N) is 1. The summed E-state index contributed by atoms with van der Waals surface area (Å²) in [4.78, 5) is 13.1. The number of aryl methyl sites for hydroxylation is 1. The molecule has 1 atom stereocenters. The fourth-order valence-electron chi connectivity index (χ4n) is 4.23. The molecule has 0 bridgehead atoms. The Labute approximate surface area is 224 Å². The SMILES string of the molecule is CCOc1ccc(N(CC(=O)N[C@@H](C)c2cc(C(C)C)c(OC)cc2C)S(=O)(=O)c2ccc(F)cc2)cc1. The van der Waals surface area contributed by atoms with Gasteiger partial charge >= 0.3 is 0 Å². The Balaban J connectivity index is 1.92. The Morgan fingerprint density at radius 1 is 1.00 bits per heavy atom. The number of rotatable bonds is 11. The number of hydrogen-bond acceptors (Lipinski definition) is 5. The molecule has 0 spiro atoms. The molecule has 9 heteroatoms. The van der Waals surface area contributed by atoms with E-state index in [0.29, 0.717) is 12.4 Å². The minimum atomic E-state index is -4.18. The summed E-state index contributed by atoms with van der Waals surface area (Å²) in [6.45, 7) is 9.76. The van der Waals surface area contributed by atoms with E-state index in [1.165, 1.54) is 12.1 Å². The lowest BCUT2D eigenvalue weighted by Crippen LogP contribution is -2.41. The van der Waals surface area contributed by atoms with Gasteiger partial charge in [0.1, 0.15) is 23.9 Å². The van der Waals surface area contributed by atoms with E-state index in [-0.39, 0.29) is 22.5 Å². The highest BCUT2D eigenvalue weighted by Crippen LogP contribution is 2.32. The number of carbonyl (C=O) groups excluding carboxylic acids is 1. The molecule has 204 valence electrons. The molecule has 3 rings (SSSR count). The van der Waals surface area contributed by atoms with Gasteiger partial charge in [0, 0.05) is 0 Å². The minimum absolute atomic E-state index is 0.124. The van der Waals surface area contributed by atoms with Gasteiger partial charge in [-0.3, -0.25) is 9.10 Å². The number of carbonyl (C=O) groups is 1. The summed E-state index contributed by atoms with van der Waals surface area (Å²) >= 11 is 0. The van der Waals surface area contributed by atoms with Crippen LogP contribution >= 0.6 is 0 Å². The number of methoxy groups -OCH3 is 1. The Kier molecular flexibility index (Phi) is 9.38. The maximum absolute atomic E-state index is 13.6. The maximum atomic E-state index is 13.6. The van der Waals surface area contributed by atoms with E-state index in [9.17, 15) is 17.6 Å². The van der Waals surface area contributed by atoms with E-state index in [4.69, 9.17) is 9.47 Å². The van der Waals surface area contributed by atoms with Gasteiger partial charge in [0.15, 0.2) is 0 Å². The van der Waals surface area contributed by atoms with E-state index >= 15 is 0 Å². The third kappa shape index (κ3) is 6.64. The van der Waals surface area contributed by atoms with Crippen LogP contribution in [0.3, 0.4) is 0 Å². The summed E-state index contributed by atoms with van der Waals surface area (Å²) in [7, 11) is -2.55. The maximum Gasteiger partial charge on any atom is 0.264 e. The fraction of sp³-hybridized carbons (Fsp3) is 0.345. The van der Waals surface area contributed by atoms with Crippen molar-refractivity contribution in [2.45, 2.75) is 51.5 Å². The molecule has 0 heterocycles. The van der Waals surface area contributed by atoms with Crippen molar-refractivity contribution < 1.29 is 27.1 Å². The number of anilines is 1. The third-order valence-corrected chi connectivity index (χ3v) is 8.00. The van der Waals surface area contributed by atoms with E-state index < -0.39 is 28.3 Å². The fourth-order valence-corrected chi connectivity index (χ4v) is 5.65. The topological polar surface area (TPSA) is 84.9 Å². The van der Waals surface area contributed by atoms with Crippen molar-refractivity contribution >= 4 is 21.6 Å². The molecule has 0 aliphatic rings. The molecular weight excluding hydrogens is 507 g/mol. The van der Waals surface area contributed by atoms with Gasteiger partial charge in [-0.25, -0.2) is 12.8 Å². The van der Waals surface area contributed by atoms with Crippen LogP contribution in [0, 0.1) is 12.7 Å². The first-order chi connectivity index (χ1) is 18.0. The van der Waals surface area contributed by atoms with Gasteiger partial charge < -0.3 is 14.8 Å². The number of nitrogens with one attached hydrogen (secondary N) is 1. The lowest BCUT2D eigenvalue weighted by Gasteiger charge is -2.26. The number of benzene rings is 3. The Hall–Kier alpha value is -3.59. The van der Waals surface area contributed by atoms with Gasteiger partial charge in [-0.2, -0.15) is 0 Å². The van der Waals surface area contributed by atoms with Gasteiger partial charge in [-0.1, -0.05) is 13.8 Å². The molecule has 0 aromatic heterocycles. The first-order valence-corrected chi connectivity index (χ1v) is 13.9. The Bertz CT molecular complexity index is 1360. The average molecular weight is 543 g/mol. The van der Waals surface area contributed by atoms with Crippen LogP contribution in [0.25, 0.3) is 0 Å². The summed E-state index contributed by atoms with van der Waals surface area (Å²) < 4.78 is 52.6. The normalized spacial score (nSPS) is 12.2. The first-order valence-electron chi connectivity index (χ1n) is 12.5. The first kappa shape index (κ1) is 29.0. The van der Waals surface area contributed by atoms with E-state index in [1.54, 1.807) is 31.4 Å². The molecule has 1 amide bonds. The molecular formula is C29H35FN2O5S. The van der Waals surface area contributed by atoms with Crippen LogP contribution in [0.2, 0.25) is 0 Å². The summed E-state index contributed by atoms with van der Waals surface area (Å²) in [6.07, 6.45) is 0. The molecule has 0 saturated carbocycles. The van der Waals surface area contributed by atoms with Gasteiger partial charge in [-0.05, 0) is 104 Å². The standard InChI is InChI=1S/C29H35FN2O5S/c1-7-37-24-12-10-23(11-13-24)32(38(34,35)25-14-8-22(30)9-15-25)18-29(33)31-21(5)27-17-26(19(2)3)28(36-6)16-20(27)4/h8-17,19,21H,7,18H2,1-6H3,(H,31,33)/t21-/m0/s1. The van der Waals surface area contributed by atoms with Crippen LogP contribution in [-0.2, 0) is 14.8 Å². The molecule has 0 aliphatic carbocycles. The molecule has 0 fully saturated rings. The van der Waals surface area contributed by atoms with Crippen molar-refractivity contribution in [1.29, 1.82) is 0 Å². The molecule has 38 heavy (non-hydrogen) atoms. The molecule has 0 aliphatic heterocycles. The van der Waals surface area contributed by atoms with Gasteiger partial charge in [-0.15, -0.1) is 0 Å². The van der Waals surface area contributed by atoms with E-state index in [1.807, 2.05) is 32.9 Å². The van der Waals surface area contributed by atoms with E-state index in [2.05, 4.69) is 19.2 Å². The van der Waals surface area contributed by atoms with Crippen molar-refractivity contribution in [1.82, 2.24) is 5.32 Å². The summed E-state index contributed by atoms with van der Waals surface area (Å²) in [5, 5.41) is 2.93. The zero-order valence-electron chi connectivity index (χ0n) is 22.6. The molecule has 7 nitrogen and oxygen atoms in total. The average Bonchev–Trinajstić information content (AvgIpc) is 2.87. The summed E-state index contributed by atoms with van der Waals surface area (Å²) in [5.74, 6) is 0.525. The second kappa shape index (κ2) is 12.3. The zero-order chi connectivity index (χ0) is 28.0. The number of halogens is 1. The van der Waals surface area contributed by atoms with Crippen molar-refractivity contribution in [3.63, 3.8) is 0 Å². The molecule has 0 saturated heterocycles. The molecule has 1 N–H and O–H groups in total.